The molecule has 0 bridgehead atoms. The first-order valence-electron chi connectivity index (χ1n) is 3.64. The van der Waals surface area contributed by atoms with Crippen LogP contribution in [0.1, 0.15) is 5.56 Å². The van der Waals surface area contributed by atoms with E-state index in [0.29, 0.717) is 11.3 Å². The fourth-order valence-electron chi connectivity index (χ4n) is 0.802. The first kappa shape index (κ1) is 10.2. The molecule has 0 atom stereocenters. The largest absolute Gasteiger partial charge is 0.486 e. The summed E-state index contributed by atoms with van der Waals surface area (Å²) in [5, 5.41) is 0. The van der Waals surface area contributed by atoms with E-state index in [1.54, 1.807) is 6.07 Å². The minimum Gasteiger partial charge on any atom is -0.486 e. The van der Waals surface area contributed by atoms with Crippen LogP contribution in [0.25, 0.3) is 0 Å². The summed E-state index contributed by atoms with van der Waals surface area (Å²) in [5.74, 6) is 0.541. The van der Waals surface area contributed by atoms with Gasteiger partial charge in [-0.25, -0.2) is 8.78 Å². The molecule has 0 saturated carbocycles. The van der Waals surface area contributed by atoms with E-state index in [0.717, 1.165) is 0 Å². The van der Waals surface area contributed by atoms with E-state index in [1.165, 1.54) is 12.4 Å². The Balaban J connectivity index is 2.64. The number of hydrogen-bond acceptors (Lipinski definition) is 2. The van der Waals surface area contributed by atoms with E-state index >= 15 is 0 Å². The molecule has 1 rings (SSSR count). The highest BCUT2D eigenvalue weighted by atomic mass is 35.5. The average Bonchev–Trinajstić information content (AvgIpc) is 2.15. The highest BCUT2D eigenvalue weighted by Crippen LogP contribution is 2.18. The Bertz CT molecular complexity index is 270. The second kappa shape index (κ2) is 4.97. The van der Waals surface area contributed by atoms with Crippen LogP contribution in [0.3, 0.4) is 0 Å². The summed E-state index contributed by atoms with van der Waals surface area (Å²) >= 11 is 5.55. The Kier molecular flexibility index (Phi) is 3.89. The Hall–Kier alpha value is -0.900. The number of halogens is 3. The van der Waals surface area contributed by atoms with Gasteiger partial charge in [-0.1, -0.05) is 0 Å². The van der Waals surface area contributed by atoms with Crippen molar-refractivity contribution in [3.8, 4) is 5.75 Å². The van der Waals surface area contributed by atoms with Crippen molar-refractivity contribution in [1.82, 2.24) is 4.98 Å². The quantitative estimate of drug-likeness (QED) is 0.708. The van der Waals surface area contributed by atoms with Crippen LogP contribution < -0.4 is 4.74 Å². The van der Waals surface area contributed by atoms with Crippen LogP contribution in [0.2, 0.25) is 0 Å². The van der Waals surface area contributed by atoms with Crippen molar-refractivity contribution in [1.29, 1.82) is 0 Å². The molecule has 72 valence electrons. The summed E-state index contributed by atoms with van der Waals surface area (Å²) in [6.07, 6.45) is 0.427. The number of pyridine rings is 1. The maximum Gasteiger partial charge on any atom is 0.272 e. The van der Waals surface area contributed by atoms with E-state index in [-0.39, 0.29) is 5.88 Å². The number of ether oxygens (including phenoxy) is 1. The minimum absolute atomic E-state index is 0.223. The summed E-state index contributed by atoms with van der Waals surface area (Å²) in [6, 6.07) is 1.63. The Morgan fingerprint density at radius 2 is 2.31 bits per heavy atom. The molecule has 0 N–H and O–H groups in total. The molecule has 0 amide bonds. The first-order valence-corrected chi connectivity index (χ1v) is 4.17. The molecule has 1 aromatic heterocycles. The fraction of sp³-hybridized carbons (Fsp3) is 0.375. The third kappa shape index (κ3) is 3.14. The third-order valence-corrected chi connectivity index (χ3v) is 1.67. The van der Waals surface area contributed by atoms with Crippen molar-refractivity contribution in [2.75, 3.05) is 6.61 Å². The van der Waals surface area contributed by atoms with Gasteiger partial charge in [0.05, 0.1) is 12.1 Å². The monoisotopic (exact) mass is 207 g/mol. The van der Waals surface area contributed by atoms with Crippen LogP contribution in [0.5, 0.6) is 5.75 Å². The SMILES string of the molecule is FC(F)COc1cnccc1CCl. The highest BCUT2D eigenvalue weighted by molar-refractivity contribution is 6.17. The van der Waals surface area contributed by atoms with Gasteiger partial charge in [0.25, 0.3) is 6.43 Å². The number of alkyl halides is 3. The molecule has 0 aliphatic rings. The van der Waals surface area contributed by atoms with E-state index in [4.69, 9.17) is 16.3 Å². The van der Waals surface area contributed by atoms with E-state index in [9.17, 15) is 8.78 Å². The first-order chi connectivity index (χ1) is 6.24. The molecule has 0 unspecified atom stereocenters. The standard InChI is InChI=1S/C8H8ClF2NO/c9-3-6-1-2-12-4-7(6)13-5-8(10)11/h1-2,4,8H,3,5H2. The molecular weight excluding hydrogens is 200 g/mol. The maximum absolute atomic E-state index is 11.8. The van der Waals surface area contributed by atoms with Crippen LogP contribution in [-0.4, -0.2) is 18.0 Å². The van der Waals surface area contributed by atoms with Gasteiger partial charge in [-0.3, -0.25) is 4.98 Å². The lowest BCUT2D eigenvalue weighted by molar-refractivity contribution is 0.0813. The molecule has 0 aliphatic heterocycles. The Morgan fingerprint density at radius 1 is 1.54 bits per heavy atom. The molecule has 5 heteroatoms. The lowest BCUT2D eigenvalue weighted by Crippen LogP contribution is -2.08. The van der Waals surface area contributed by atoms with Crippen molar-refractivity contribution < 1.29 is 13.5 Å². The number of nitrogens with zero attached hydrogens (tertiary/aromatic N) is 1. The van der Waals surface area contributed by atoms with Crippen molar-refractivity contribution in [2.45, 2.75) is 12.3 Å². The Morgan fingerprint density at radius 3 is 2.92 bits per heavy atom. The second-order valence-corrected chi connectivity index (χ2v) is 2.59. The van der Waals surface area contributed by atoms with Gasteiger partial charge in [0.2, 0.25) is 0 Å². The van der Waals surface area contributed by atoms with Crippen LogP contribution in [0.4, 0.5) is 8.78 Å². The molecule has 1 heterocycles. The maximum atomic E-state index is 11.8. The third-order valence-electron chi connectivity index (χ3n) is 1.38. The summed E-state index contributed by atoms with van der Waals surface area (Å²) in [4.78, 5) is 3.74. The summed E-state index contributed by atoms with van der Waals surface area (Å²) in [7, 11) is 0. The van der Waals surface area contributed by atoms with Gasteiger partial charge < -0.3 is 4.74 Å². The average molecular weight is 208 g/mol. The van der Waals surface area contributed by atoms with E-state index < -0.39 is 13.0 Å². The number of hydrogen-bond donors (Lipinski definition) is 0. The van der Waals surface area contributed by atoms with Crippen LogP contribution in [0.15, 0.2) is 18.5 Å². The van der Waals surface area contributed by atoms with Crippen LogP contribution >= 0.6 is 11.6 Å². The second-order valence-electron chi connectivity index (χ2n) is 2.32. The Labute approximate surface area is 79.5 Å². The topological polar surface area (TPSA) is 22.1 Å². The van der Waals surface area contributed by atoms with Gasteiger partial charge in [-0.05, 0) is 6.07 Å². The summed E-state index contributed by atoms with van der Waals surface area (Å²) < 4.78 is 28.3. The van der Waals surface area contributed by atoms with Gasteiger partial charge in [-0.2, -0.15) is 0 Å². The van der Waals surface area contributed by atoms with Crippen molar-refractivity contribution in [3.05, 3.63) is 24.0 Å². The minimum atomic E-state index is -2.48. The zero-order valence-electron chi connectivity index (χ0n) is 6.71. The summed E-state index contributed by atoms with van der Waals surface area (Å²) in [5.41, 5.74) is 0.664. The number of aromatic nitrogens is 1. The van der Waals surface area contributed by atoms with Gasteiger partial charge in [0.1, 0.15) is 12.4 Å². The normalized spacial score (nSPS) is 10.5. The highest BCUT2D eigenvalue weighted by Gasteiger charge is 2.06. The molecule has 0 saturated heterocycles. The molecule has 1 aromatic rings. The van der Waals surface area contributed by atoms with Gasteiger partial charge in [0, 0.05) is 11.8 Å². The molecule has 0 aliphatic carbocycles. The van der Waals surface area contributed by atoms with Crippen molar-refractivity contribution in [2.24, 2.45) is 0 Å². The molecule has 2 nitrogen and oxygen atoms in total. The molecule has 0 spiro atoms. The van der Waals surface area contributed by atoms with E-state index in [2.05, 4.69) is 4.98 Å². The van der Waals surface area contributed by atoms with Gasteiger partial charge >= 0.3 is 0 Å². The molecule has 0 aromatic carbocycles. The van der Waals surface area contributed by atoms with Gasteiger partial charge in [-0.15, -0.1) is 11.6 Å². The smallest absolute Gasteiger partial charge is 0.272 e. The predicted octanol–water partition coefficient (Wildman–Crippen LogP) is 2.46. The van der Waals surface area contributed by atoms with Crippen LogP contribution in [-0.2, 0) is 5.88 Å². The van der Waals surface area contributed by atoms with Crippen molar-refractivity contribution >= 4 is 11.6 Å². The number of rotatable bonds is 4. The fourth-order valence-corrected chi connectivity index (χ4v) is 1.02. The zero-order chi connectivity index (χ0) is 9.68. The van der Waals surface area contributed by atoms with Crippen molar-refractivity contribution in [3.63, 3.8) is 0 Å². The van der Waals surface area contributed by atoms with Crippen LogP contribution in [0, 0.1) is 0 Å². The molecule has 13 heavy (non-hydrogen) atoms. The summed E-state index contributed by atoms with van der Waals surface area (Å²) in [6.45, 7) is -0.629. The van der Waals surface area contributed by atoms with E-state index in [1.807, 2.05) is 0 Å². The molecular formula is C8H8ClF2NO. The lowest BCUT2D eigenvalue weighted by atomic mass is 10.3. The zero-order valence-corrected chi connectivity index (χ0v) is 7.47. The molecule has 0 fully saturated rings. The molecule has 0 radical (unpaired) electrons. The lowest BCUT2D eigenvalue weighted by Gasteiger charge is -2.07. The van der Waals surface area contributed by atoms with Gasteiger partial charge in [0.15, 0.2) is 0 Å². The predicted molar refractivity (Wildman–Crippen MR) is 45.3 cm³/mol.